The van der Waals surface area contributed by atoms with Crippen LogP contribution >= 0.6 is 0 Å². The van der Waals surface area contributed by atoms with Crippen molar-refractivity contribution >= 4 is 11.9 Å². The van der Waals surface area contributed by atoms with Crippen LogP contribution < -0.4 is 10.6 Å². The van der Waals surface area contributed by atoms with E-state index >= 15 is 0 Å². The van der Waals surface area contributed by atoms with E-state index < -0.39 is 0 Å². The molecule has 1 amide bonds. The summed E-state index contributed by atoms with van der Waals surface area (Å²) in [5.74, 6) is 2.07. The highest BCUT2D eigenvalue weighted by atomic mass is 16.3. The van der Waals surface area contributed by atoms with E-state index in [1.165, 1.54) is 0 Å². The summed E-state index contributed by atoms with van der Waals surface area (Å²) in [6.07, 6.45) is 3.65. The lowest BCUT2D eigenvalue weighted by Gasteiger charge is -2.11. The molecule has 20 heavy (non-hydrogen) atoms. The van der Waals surface area contributed by atoms with Gasteiger partial charge in [-0.25, -0.2) is 9.97 Å². The van der Waals surface area contributed by atoms with Gasteiger partial charge in [-0.15, -0.1) is 0 Å². The number of anilines is 1. The molecule has 6 nitrogen and oxygen atoms in total. The third-order valence-electron chi connectivity index (χ3n) is 2.77. The SMILES string of the molecule is Cc1ccc([C@@H](C)NC(=O)CCNc2ncccn2)o1. The number of carbonyl (C=O) groups excluding carboxylic acids is 1. The highest BCUT2D eigenvalue weighted by Gasteiger charge is 2.12. The highest BCUT2D eigenvalue weighted by Crippen LogP contribution is 2.15. The normalized spacial score (nSPS) is 11.9. The van der Waals surface area contributed by atoms with E-state index in [0.29, 0.717) is 18.9 Å². The summed E-state index contributed by atoms with van der Waals surface area (Å²) in [7, 11) is 0. The maximum absolute atomic E-state index is 11.8. The van der Waals surface area contributed by atoms with E-state index in [0.717, 1.165) is 11.5 Å². The van der Waals surface area contributed by atoms with Crippen LogP contribution in [0, 0.1) is 6.92 Å². The van der Waals surface area contributed by atoms with Crippen molar-refractivity contribution in [2.24, 2.45) is 0 Å². The standard InChI is InChI=1S/C14H18N4O2/c1-10-4-5-12(20-10)11(2)18-13(19)6-9-17-14-15-7-3-8-16-14/h3-5,7-8,11H,6,9H2,1-2H3,(H,18,19)(H,15,16,17)/t11-/m1/s1. The molecular weight excluding hydrogens is 256 g/mol. The Labute approximate surface area is 117 Å². The van der Waals surface area contributed by atoms with E-state index in [1.807, 2.05) is 26.0 Å². The van der Waals surface area contributed by atoms with Gasteiger partial charge in [-0.3, -0.25) is 4.79 Å². The number of furan rings is 1. The van der Waals surface area contributed by atoms with Gasteiger partial charge >= 0.3 is 0 Å². The smallest absolute Gasteiger partial charge is 0.222 e. The van der Waals surface area contributed by atoms with Gasteiger partial charge in [-0.05, 0) is 32.0 Å². The quantitative estimate of drug-likeness (QED) is 0.842. The Kier molecular flexibility index (Phi) is 4.70. The summed E-state index contributed by atoms with van der Waals surface area (Å²) in [5, 5.41) is 5.87. The molecule has 0 spiro atoms. The molecule has 0 saturated carbocycles. The highest BCUT2D eigenvalue weighted by molar-refractivity contribution is 5.76. The molecule has 0 aliphatic heterocycles. The Morgan fingerprint density at radius 3 is 2.75 bits per heavy atom. The molecule has 2 rings (SSSR count). The first-order chi connectivity index (χ1) is 9.65. The maximum atomic E-state index is 11.8. The molecule has 0 aliphatic carbocycles. The molecule has 1 atom stereocenters. The lowest BCUT2D eigenvalue weighted by molar-refractivity contribution is -0.121. The number of nitrogens with one attached hydrogen (secondary N) is 2. The predicted octanol–water partition coefficient (Wildman–Crippen LogP) is 2.06. The van der Waals surface area contributed by atoms with Crippen LogP contribution in [0.25, 0.3) is 0 Å². The number of hydrogen-bond donors (Lipinski definition) is 2. The van der Waals surface area contributed by atoms with Crippen LogP contribution in [0.2, 0.25) is 0 Å². The van der Waals surface area contributed by atoms with Gasteiger partial charge in [0, 0.05) is 25.4 Å². The molecule has 2 heterocycles. The van der Waals surface area contributed by atoms with Crippen LogP contribution in [-0.4, -0.2) is 22.4 Å². The molecule has 0 fully saturated rings. The van der Waals surface area contributed by atoms with Gasteiger partial charge in [0.15, 0.2) is 0 Å². The largest absolute Gasteiger partial charge is 0.464 e. The van der Waals surface area contributed by atoms with Crippen LogP contribution in [0.15, 0.2) is 35.0 Å². The second-order valence-corrected chi connectivity index (χ2v) is 4.49. The fourth-order valence-electron chi connectivity index (χ4n) is 1.75. The molecule has 2 aromatic rings. The molecule has 6 heteroatoms. The summed E-state index contributed by atoms with van der Waals surface area (Å²) in [4.78, 5) is 19.8. The second kappa shape index (κ2) is 6.70. The number of nitrogens with zero attached hydrogens (tertiary/aromatic N) is 2. The Morgan fingerprint density at radius 1 is 1.35 bits per heavy atom. The van der Waals surface area contributed by atoms with Gasteiger partial charge in [0.2, 0.25) is 11.9 Å². The Balaban J connectivity index is 1.73. The fourth-order valence-corrected chi connectivity index (χ4v) is 1.75. The van der Waals surface area contributed by atoms with Gasteiger partial charge in [0.1, 0.15) is 11.5 Å². The van der Waals surface area contributed by atoms with E-state index in [4.69, 9.17) is 4.42 Å². The summed E-state index contributed by atoms with van der Waals surface area (Å²) < 4.78 is 5.47. The molecule has 0 saturated heterocycles. The molecule has 0 radical (unpaired) electrons. The van der Waals surface area contributed by atoms with Gasteiger partial charge in [-0.1, -0.05) is 0 Å². The Morgan fingerprint density at radius 2 is 2.10 bits per heavy atom. The minimum atomic E-state index is -0.135. The van der Waals surface area contributed by atoms with Gasteiger partial charge in [0.25, 0.3) is 0 Å². The first-order valence-electron chi connectivity index (χ1n) is 6.52. The van der Waals surface area contributed by atoms with Crippen LogP contribution in [0.5, 0.6) is 0 Å². The molecule has 0 bridgehead atoms. The van der Waals surface area contributed by atoms with Gasteiger partial charge < -0.3 is 15.1 Å². The summed E-state index contributed by atoms with van der Waals surface area (Å²) in [5.41, 5.74) is 0. The molecule has 0 aliphatic rings. The van der Waals surface area contributed by atoms with Crippen LogP contribution in [0.1, 0.15) is 30.9 Å². The molecule has 0 unspecified atom stereocenters. The monoisotopic (exact) mass is 274 g/mol. The molecule has 0 aromatic carbocycles. The number of aryl methyl sites for hydroxylation is 1. The third-order valence-corrected chi connectivity index (χ3v) is 2.77. The predicted molar refractivity (Wildman–Crippen MR) is 75.1 cm³/mol. The van der Waals surface area contributed by atoms with E-state index in [1.54, 1.807) is 18.5 Å². The average Bonchev–Trinajstić information content (AvgIpc) is 2.87. The average molecular weight is 274 g/mol. The summed E-state index contributed by atoms with van der Waals surface area (Å²) in [6.45, 7) is 4.26. The summed E-state index contributed by atoms with van der Waals surface area (Å²) >= 11 is 0. The van der Waals surface area contributed by atoms with Crippen molar-refractivity contribution in [3.63, 3.8) is 0 Å². The van der Waals surface area contributed by atoms with Gasteiger partial charge in [-0.2, -0.15) is 0 Å². The number of hydrogen-bond acceptors (Lipinski definition) is 5. The van der Waals surface area contributed by atoms with Crippen molar-refractivity contribution in [3.8, 4) is 0 Å². The molecular formula is C14H18N4O2. The number of carbonyl (C=O) groups is 1. The summed E-state index contributed by atoms with van der Waals surface area (Å²) in [6, 6.07) is 5.36. The van der Waals surface area contributed by atoms with E-state index in [-0.39, 0.29) is 11.9 Å². The second-order valence-electron chi connectivity index (χ2n) is 4.49. The first-order valence-corrected chi connectivity index (χ1v) is 6.52. The van der Waals surface area contributed by atoms with E-state index in [2.05, 4.69) is 20.6 Å². The minimum absolute atomic E-state index is 0.0463. The maximum Gasteiger partial charge on any atom is 0.222 e. The fraction of sp³-hybridized carbons (Fsp3) is 0.357. The van der Waals surface area contributed by atoms with Crippen molar-refractivity contribution in [1.82, 2.24) is 15.3 Å². The van der Waals surface area contributed by atoms with Gasteiger partial charge in [0.05, 0.1) is 6.04 Å². The van der Waals surface area contributed by atoms with E-state index in [9.17, 15) is 4.79 Å². The zero-order chi connectivity index (χ0) is 14.4. The van der Waals surface area contributed by atoms with Crippen molar-refractivity contribution in [2.45, 2.75) is 26.3 Å². The number of rotatable bonds is 6. The lowest BCUT2D eigenvalue weighted by atomic mass is 10.2. The Bertz CT molecular complexity index is 553. The van der Waals surface area contributed by atoms with Crippen LogP contribution in [0.3, 0.4) is 0 Å². The number of amides is 1. The zero-order valence-electron chi connectivity index (χ0n) is 11.6. The van der Waals surface area contributed by atoms with Crippen molar-refractivity contribution in [1.29, 1.82) is 0 Å². The van der Waals surface area contributed by atoms with Crippen molar-refractivity contribution < 1.29 is 9.21 Å². The first kappa shape index (κ1) is 14.0. The van der Waals surface area contributed by atoms with Crippen molar-refractivity contribution in [2.75, 3.05) is 11.9 Å². The lowest BCUT2D eigenvalue weighted by Crippen LogP contribution is -2.28. The third kappa shape index (κ3) is 4.08. The number of aromatic nitrogens is 2. The molecule has 106 valence electrons. The minimum Gasteiger partial charge on any atom is -0.464 e. The van der Waals surface area contributed by atoms with Crippen LogP contribution in [-0.2, 0) is 4.79 Å². The molecule has 2 aromatic heterocycles. The topological polar surface area (TPSA) is 80.0 Å². The Hall–Kier alpha value is -2.37. The molecule has 2 N–H and O–H groups in total. The van der Waals surface area contributed by atoms with Crippen molar-refractivity contribution in [3.05, 3.63) is 42.1 Å². The van der Waals surface area contributed by atoms with Crippen LogP contribution in [0.4, 0.5) is 5.95 Å². The zero-order valence-corrected chi connectivity index (χ0v) is 11.6.